The molecule has 0 rings (SSSR count). The molecule has 0 aliphatic heterocycles. The van der Waals surface area contributed by atoms with E-state index in [4.69, 9.17) is 0 Å². The van der Waals surface area contributed by atoms with Crippen molar-refractivity contribution in [2.24, 2.45) is 5.92 Å². The largest absolute Gasteiger partial charge is 0.0928 e. The Balaban J connectivity index is 3.49. The van der Waals surface area contributed by atoms with Crippen molar-refractivity contribution in [2.45, 2.75) is 78.1 Å². The van der Waals surface area contributed by atoms with Crippen LogP contribution in [0.15, 0.2) is 0 Å². The van der Waals surface area contributed by atoms with E-state index in [1.165, 1.54) is 69.5 Å². The average molecular weight is 277 g/mol. The van der Waals surface area contributed by atoms with E-state index in [9.17, 15) is 0 Å². The maximum Gasteiger partial charge on any atom is 0.00314 e. The van der Waals surface area contributed by atoms with Crippen molar-refractivity contribution in [3.63, 3.8) is 0 Å². The van der Waals surface area contributed by atoms with Crippen LogP contribution in [0, 0.1) is 5.92 Å². The van der Waals surface area contributed by atoms with Gasteiger partial charge in [-0.25, -0.2) is 0 Å². The van der Waals surface area contributed by atoms with Crippen LogP contribution < -0.4 is 0 Å². The summed E-state index contributed by atoms with van der Waals surface area (Å²) in [7, 11) is 0. The molecule has 0 amide bonds. The molecule has 0 fully saturated rings. The maximum absolute atomic E-state index is 3.54. The van der Waals surface area contributed by atoms with Gasteiger partial charge in [-0.15, -0.1) is 0 Å². The van der Waals surface area contributed by atoms with Gasteiger partial charge in [-0.1, -0.05) is 81.1 Å². The molecule has 0 spiro atoms. The van der Waals surface area contributed by atoms with Gasteiger partial charge in [0.15, 0.2) is 0 Å². The molecular weight excluding hydrogens is 248 g/mol. The van der Waals surface area contributed by atoms with Gasteiger partial charge in [-0.3, -0.25) is 0 Å². The summed E-state index contributed by atoms with van der Waals surface area (Å²) in [5, 5.41) is 1.19. The molecule has 0 bridgehead atoms. The van der Waals surface area contributed by atoms with Gasteiger partial charge < -0.3 is 0 Å². The number of alkyl halides is 1. The van der Waals surface area contributed by atoms with Crippen LogP contribution >= 0.6 is 15.9 Å². The number of halogens is 1. The topological polar surface area (TPSA) is 0 Å². The van der Waals surface area contributed by atoms with Crippen molar-refractivity contribution >= 4 is 15.9 Å². The Morgan fingerprint density at radius 2 is 1.33 bits per heavy atom. The minimum absolute atomic E-state index is 1.01. The fourth-order valence-electron chi connectivity index (χ4n) is 2.15. The summed E-state index contributed by atoms with van der Waals surface area (Å²) in [6.07, 6.45) is 14.3. The lowest BCUT2D eigenvalue weighted by Gasteiger charge is -2.15. The molecule has 0 aliphatic rings. The van der Waals surface area contributed by atoms with Gasteiger partial charge in [0.2, 0.25) is 0 Å². The molecule has 0 aromatic carbocycles. The Bertz CT molecular complexity index is 104. The summed E-state index contributed by atoms with van der Waals surface area (Å²) in [5.74, 6) is 1.01. The molecule has 92 valence electrons. The number of unbranched alkanes of at least 4 members (excludes halogenated alkanes) is 4. The summed E-state index contributed by atoms with van der Waals surface area (Å²) < 4.78 is 0. The Hall–Kier alpha value is 0.480. The molecule has 0 N–H and O–H groups in total. The highest BCUT2D eigenvalue weighted by atomic mass is 79.9. The smallest absolute Gasteiger partial charge is 0.00314 e. The SMILES string of the molecule is CCCCCCC(CCCC)CCCBr. The highest BCUT2D eigenvalue weighted by molar-refractivity contribution is 9.09. The van der Waals surface area contributed by atoms with Crippen LogP contribution in [0.4, 0.5) is 0 Å². The van der Waals surface area contributed by atoms with Gasteiger partial charge in [0.05, 0.1) is 0 Å². The van der Waals surface area contributed by atoms with Crippen molar-refractivity contribution < 1.29 is 0 Å². The third-order valence-corrected chi connectivity index (χ3v) is 3.74. The summed E-state index contributed by atoms with van der Waals surface area (Å²) in [6, 6.07) is 0. The maximum atomic E-state index is 3.54. The van der Waals surface area contributed by atoms with Crippen molar-refractivity contribution in [3.8, 4) is 0 Å². The molecule has 0 heterocycles. The second kappa shape index (κ2) is 12.5. The van der Waals surface area contributed by atoms with Crippen LogP contribution in [-0.2, 0) is 0 Å². The molecule has 1 unspecified atom stereocenters. The van der Waals surface area contributed by atoms with Gasteiger partial charge in [0, 0.05) is 5.33 Å². The van der Waals surface area contributed by atoms with Crippen molar-refractivity contribution in [3.05, 3.63) is 0 Å². The molecule has 0 aromatic rings. The van der Waals surface area contributed by atoms with Gasteiger partial charge in [0.25, 0.3) is 0 Å². The molecule has 0 saturated heterocycles. The molecule has 1 heteroatoms. The standard InChI is InChI=1S/C14H29Br/c1-3-5-7-8-11-14(10-6-4-2)12-9-13-15/h14H,3-13H2,1-2H3. The quantitative estimate of drug-likeness (QED) is 0.324. The van der Waals surface area contributed by atoms with Gasteiger partial charge in [-0.2, -0.15) is 0 Å². The monoisotopic (exact) mass is 276 g/mol. The predicted molar refractivity (Wildman–Crippen MR) is 74.8 cm³/mol. The number of hydrogen-bond acceptors (Lipinski definition) is 0. The summed E-state index contributed by atoms with van der Waals surface area (Å²) in [6.45, 7) is 4.60. The van der Waals surface area contributed by atoms with Crippen LogP contribution in [0.25, 0.3) is 0 Å². The summed E-state index contributed by atoms with van der Waals surface area (Å²) in [4.78, 5) is 0. The predicted octanol–water partition coefficient (Wildman–Crippen LogP) is 5.94. The normalized spacial score (nSPS) is 13.0. The zero-order valence-electron chi connectivity index (χ0n) is 10.7. The molecule has 15 heavy (non-hydrogen) atoms. The Kier molecular flexibility index (Phi) is 13.0. The first kappa shape index (κ1) is 15.5. The first-order valence-electron chi connectivity index (χ1n) is 6.91. The molecule has 0 aromatic heterocycles. The number of hydrogen-bond donors (Lipinski definition) is 0. The second-order valence-electron chi connectivity index (χ2n) is 4.69. The fourth-order valence-corrected chi connectivity index (χ4v) is 2.48. The minimum Gasteiger partial charge on any atom is -0.0928 e. The van der Waals surface area contributed by atoms with E-state index in [1.807, 2.05) is 0 Å². The minimum atomic E-state index is 1.01. The molecule has 0 aliphatic carbocycles. The van der Waals surface area contributed by atoms with Crippen molar-refractivity contribution in [1.29, 1.82) is 0 Å². The van der Waals surface area contributed by atoms with Crippen LogP contribution in [-0.4, -0.2) is 5.33 Å². The van der Waals surface area contributed by atoms with Gasteiger partial charge in [-0.05, 0) is 18.8 Å². The first-order chi connectivity index (χ1) is 7.35. The second-order valence-corrected chi connectivity index (χ2v) is 5.48. The molecule has 0 radical (unpaired) electrons. The Morgan fingerprint density at radius 3 is 1.93 bits per heavy atom. The van der Waals surface area contributed by atoms with Crippen LogP contribution in [0.2, 0.25) is 0 Å². The van der Waals surface area contributed by atoms with Gasteiger partial charge >= 0.3 is 0 Å². The van der Waals surface area contributed by atoms with Crippen LogP contribution in [0.3, 0.4) is 0 Å². The van der Waals surface area contributed by atoms with Crippen LogP contribution in [0.5, 0.6) is 0 Å². The zero-order chi connectivity index (χ0) is 11.4. The van der Waals surface area contributed by atoms with E-state index in [0.29, 0.717) is 0 Å². The Labute approximate surface area is 105 Å². The van der Waals surface area contributed by atoms with E-state index < -0.39 is 0 Å². The van der Waals surface area contributed by atoms with E-state index in [1.54, 1.807) is 0 Å². The molecular formula is C14H29Br. The number of rotatable bonds is 11. The lowest BCUT2D eigenvalue weighted by atomic mass is 9.91. The van der Waals surface area contributed by atoms with Gasteiger partial charge in [0.1, 0.15) is 0 Å². The molecule has 0 nitrogen and oxygen atoms in total. The third-order valence-electron chi connectivity index (χ3n) is 3.18. The van der Waals surface area contributed by atoms with Crippen molar-refractivity contribution in [1.82, 2.24) is 0 Å². The highest BCUT2D eigenvalue weighted by Crippen LogP contribution is 2.22. The van der Waals surface area contributed by atoms with E-state index >= 15 is 0 Å². The molecule has 1 atom stereocenters. The Morgan fingerprint density at radius 1 is 0.733 bits per heavy atom. The lowest BCUT2D eigenvalue weighted by molar-refractivity contribution is 0.386. The lowest BCUT2D eigenvalue weighted by Crippen LogP contribution is -2.01. The summed E-state index contributed by atoms with van der Waals surface area (Å²) in [5.41, 5.74) is 0. The zero-order valence-corrected chi connectivity index (χ0v) is 12.3. The molecule has 0 saturated carbocycles. The first-order valence-corrected chi connectivity index (χ1v) is 8.03. The van der Waals surface area contributed by atoms with E-state index in [2.05, 4.69) is 29.8 Å². The van der Waals surface area contributed by atoms with Crippen molar-refractivity contribution in [2.75, 3.05) is 5.33 Å². The average Bonchev–Trinajstić information content (AvgIpc) is 2.27. The summed E-state index contributed by atoms with van der Waals surface area (Å²) >= 11 is 3.54. The van der Waals surface area contributed by atoms with Crippen LogP contribution in [0.1, 0.15) is 78.1 Å². The third kappa shape index (κ3) is 10.8. The van der Waals surface area contributed by atoms with E-state index in [-0.39, 0.29) is 0 Å². The highest BCUT2D eigenvalue weighted by Gasteiger charge is 2.07. The van der Waals surface area contributed by atoms with E-state index in [0.717, 1.165) is 5.92 Å². The fraction of sp³-hybridized carbons (Fsp3) is 1.00.